The molecule has 0 radical (unpaired) electrons. The van der Waals surface area contributed by atoms with Crippen LogP contribution in [0.25, 0.3) is 0 Å². The predicted octanol–water partition coefficient (Wildman–Crippen LogP) is 1.28. The summed E-state index contributed by atoms with van der Waals surface area (Å²) in [6.45, 7) is 10.7. The summed E-state index contributed by atoms with van der Waals surface area (Å²) in [5.74, 6) is 0.902. The smallest absolute Gasteiger partial charge is 0.0125 e. The van der Waals surface area contributed by atoms with Crippen LogP contribution in [-0.2, 0) is 0 Å². The SMILES string of the molecule is CN(C)CC1CN(C(C)(C)C)C1. The molecular weight excluding hydrogens is 148 g/mol. The number of likely N-dealkylation sites (tertiary alicyclic amines) is 1. The Hall–Kier alpha value is -0.0800. The molecule has 1 saturated heterocycles. The van der Waals surface area contributed by atoms with E-state index in [0.29, 0.717) is 5.54 Å². The Labute approximate surface area is 76.5 Å². The minimum atomic E-state index is 0.378. The largest absolute Gasteiger partial charge is 0.309 e. The van der Waals surface area contributed by atoms with Crippen molar-refractivity contribution in [1.29, 1.82) is 0 Å². The van der Waals surface area contributed by atoms with E-state index in [1.165, 1.54) is 19.6 Å². The summed E-state index contributed by atoms with van der Waals surface area (Å²) >= 11 is 0. The Morgan fingerprint density at radius 3 is 2.08 bits per heavy atom. The van der Waals surface area contributed by atoms with Gasteiger partial charge in [-0.1, -0.05) is 0 Å². The minimum Gasteiger partial charge on any atom is -0.309 e. The van der Waals surface area contributed by atoms with E-state index < -0.39 is 0 Å². The summed E-state index contributed by atoms with van der Waals surface area (Å²) in [6, 6.07) is 0. The van der Waals surface area contributed by atoms with Crippen LogP contribution in [0.2, 0.25) is 0 Å². The van der Waals surface area contributed by atoms with Crippen LogP contribution in [0.1, 0.15) is 20.8 Å². The molecule has 1 aliphatic heterocycles. The Morgan fingerprint density at radius 2 is 1.75 bits per heavy atom. The van der Waals surface area contributed by atoms with Crippen molar-refractivity contribution < 1.29 is 0 Å². The zero-order valence-electron chi connectivity index (χ0n) is 9.09. The molecule has 1 fully saturated rings. The molecule has 0 aromatic heterocycles. The highest BCUT2D eigenvalue weighted by molar-refractivity contribution is 4.89. The summed E-state index contributed by atoms with van der Waals surface area (Å²) in [5, 5.41) is 0. The van der Waals surface area contributed by atoms with Gasteiger partial charge >= 0.3 is 0 Å². The highest BCUT2D eigenvalue weighted by atomic mass is 15.3. The third-order valence-electron chi connectivity index (χ3n) is 2.53. The van der Waals surface area contributed by atoms with Crippen LogP contribution in [0.3, 0.4) is 0 Å². The van der Waals surface area contributed by atoms with Crippen molar-refractivity contribution in [1.82, 2.24) is 9.80 Å². The van der Waals surface area contributed by atoms with E-state index in [9.17, 15) is 0 Å². The van der Waals surface area contributed by atoms with Gasteiger partial charge in [-0.2, -0.15) is 0 Å². The number of hydrogen-bond acceptors (Lipinski definition) is 2. The van der Waals surface area contributed by atoms with Gasteiger partial charge in [-0.25, -0.2) is 0 Å². The maximum atomic E-state index is 2.54. The van der Waals surface area contributed by atoms with Gasteiger partial charge in [-0.05, 0) is 40.8 Å². The second-order valence-electron chi connectivity index (χ2n) is 5.20. The molecule has 0 amide bonds. The molecule has 1 rings (SSSR count). The fourth-order valence-corrected chi connectivity index (χ4v) is 1.75. The molecule has 1 aliphatic rings. The lowest BCUT2D eigenvalue weighted by Crippen LogP contribution is -2.58. The first-order valence-corrected chi connectivity index (χ1v) is 4.79. The highest BCUT2D eigenvalue weighted by Crippen LogP contribution is 2.25. The van der Waals surface area contributed by atoms with Crippen LogP contribution in [0.4, 0.5) is 0 Å². The summed E-state index contributed by atoms with van der Waals surface area (Å²) in [5.41, 5.74) is 0.378. The lowest BCUT2D eigenvalue weighted by atomic mass is 9.92. The Kier molecular flexibility index (Phi) is 2.79. The summed E-state index contributed by atoms with van der Waals surface area (Å²) in [4.78, 5) is 4.83. The Morgan fingerprint density at radius 1 is 1.25 bits per heavy atom. The lowest BCUT2D eigenvalue weighted by Gasteiger charge is -2.48. The molecule has 0 spiro atoms. The third kappa shape index (κ3) is 2.46. The predicted molar refractivity (Wildman–Crippen MR) is 53.4 cm³/mol. The summed E-state index contributed by atoms with van der Waals surface area (Å²) in [7, 11) is 4.31. The van der Waals surface area contributed by atoms with E-state index in [4.69, 9.17) is 0 Å². The van der Waals surface area contributed by atoms with Gasteiger partial charge in [0.15, 0.2) is 0 Å². The highest BCUT2D eigenvalue weighted by Gasteiger charge is 2.33. The standard InChI is InChI=1S/C10H22N2/c1-10(2,3)12-7-9(8-12)6-11(4)5/h9H,6-8H2,1-5H3. The van der Waals surface area contributed by atoms with Crippen LogP contribution in [0.15, 0.2) is 0 Å². The van der Waals surface area contributed by atoms with E-state index in [1.54, 1.807) is 0 Å². The van der Waals surface area contributed by atoms with Crippen molar-refractivity contribution >= 4 is 0 Å². The normalized spacial score (nSPS) is 21.5. The van der Waals surface area contributed by atoms with Crippen molar-refractivity contribution in [2.45, 2.75) is 26.3 Å². The van der Waals surface area contributed by atoms with Gasteiger partial charge in [0, 0.05) is 25.2 Å². The third-order valence-corrected chi connectivity index (χ3v) is 2.53. The molecule has 0 unspecified atom stereocenters. The molecule has 2 nitrogen and oxygen atoms in total. The summed E-state index contributed by atoms with van der Waals surface area (Å²) < 4.78 is 0. The number of nitrogens with zero attached hydrogens (tertiary/aromatic N) is 2. The van der Waals surface area contributed by atoms with Gasteiger partial charge in [-0.3, -0.25) is 4.90 Å². The molecule has 2 heteroatoms. The van der Waals surface area contributed by atoms with Crippen molar-refractivity contribution in [3.05, 3.63) is 0 Å². The number of hydrogen-bond donors (Lipinski definition) is 0. The van der Waals surface area contributed by atoms with Gasteiger partial charge in [0.1, 0.15) is 0 Å². The van der Waals surface area contributed by atoms with Crippen molar-refractivity contribution in [3.63, 3.8) is 0 Å². The van der Waals surface area contributed by atoms with E-state index in [-0.39, 0.29) is 0 Å². The van der Waals surface area contributed by atoms with Crippen LogP contribution in [0.5, 0.6) is 0 Å². The van der Waals surface area contributed by atoms with Crippen molar-refractivity contribution in [2.75, 3.05) is 33.7 Å². The van der Waals surface area contributed by atoms with Gasteiger partial charge in [-0.15, -0.1) is 0 Å². The quantitative estimate of drug-likeness (QED) is 0.616. The maximum Gasteiger partial charge on any atom is 0.0125 e. The van der Waals surface area contributed by atoms with E-state index in [1.807, 2.05) is 0 Å². The molecule has 0 aromatic carbocycles. The Bertz CT molecular complexity index is 140. The zero-order chi connectivity index (χ0) is 9.35. The van der Waals surface area contributed by atoms with E-state index in [0.717, 1.165) is 5.92 Å². The maximum absolute atomic E-state index is 2.54. The van der Waals surface area contributed by atoms with E-state index in [2.05, 4.69) is 44.7 Å². The van der Waals surface area contributed by atoms with Gasteiger partial charge in [0.25, 0.3) is 0 Å². The first kappa shape index (κ1) is 10.0. The fraction of sp³-hybridized carbons (Fsp3) is 1.00. The van der Waals surface area contributed by atoms with Gasteiger partial charge < -0.3 is 4.90 Å². The van der Waals surface area contributed by atoms with Gasteiger partial charge in [0.05, 0.1) is 0 Å². The van der Waals surface area contributed by atoms with Crippen LogP contribution < -0.4 is 0 Å². The second-order valence-corrected chi connectivity index (χ2v) is 5.20. The van der Waals surface area contributed by atoms with Crippen LogP contribution >= 0.6 is 0 Å². The van der Waals surface area contributed by atoms with Gasteiger partial charge in [0.2, 0.25) is 0 Å². The molecule has 0 N–H and O–H groups in total. The molecule has 0 bridgehead atoms. The molecule has 0 saturated carbocycles. The van der Waals surface area contributed by atoms with Crippen LogP contribution in [-0.4, -0.2) is 49.1 Å². The molecule has 72 valence electrons. The first-order valence-electron chi connectivity index (χ1n) is 4.79. The fourth-order valence-electron chi connectivity index (χ4n) is 1.75. The van der Waals surface area contributed by atoms with E-state index >= 15 is 0 Å². The molecular formula is C10H22N2. The average molecular weight is 170 g/mol. The lowest BCUT2D eigenvalue weighted by molar-refractivity contribution is 0.00403. The molecule has 1 heterocycles. The number of rotatable bonds is 2. The second kappa shape index (κ2) is 3.35. The molecule has 0 atom stereocenters. The summed E-state index contributed by atoms with van der Waals surface area (Å²) in [6.07, 6.45) is 0. The van der Waals surface area contributed by atoms with Crippen molar-refractivity contribution in [2.24, 2.45) is 5.92 Å². The average Bonchev–Trinajstić information content (AvgIpc) is 1.73. The molecule has 0 aromatic rings. The van der Waals surface area contributed by atoms with Crippen molar-refractivity contribution in [3.8, 4) is 0 Å². The zero-order valence-corrected chi connectivity index (χ0v) is 9.09. The Balaban J connectivity index is 2.20. The minimum absolute atomic E-state index is 0.378. The first-order chi connectivity index (χ1) is 5.39. The van der Waals surface area contributed by atoms with Crippen LogP contribution in [0, 0.1) is 5.92 Å². The monoisotopic (exact) mass is 170 g/mol. The topological polar surface area (TPSA) is 6.48 Å². The molecule has 12 heavy (non-hydrogen) atoms. The molecule has 0 aliphatic carbocycles.